The fourth-order valence-electron chi connectivity index (χ4n) is 2.29. The molecule has 7 nitrogen and oxygen atoms in total. The first kappa shape index (κ1) is 17.5. The van der Waals surface area contributed by atoms with Gasteiger partial charge in [0.05, 0.1) is 7.11 Å². The number of primary amides is 1. The summed E-state index contributed by atoms with van der Waals surface area (Å²) in [6.45, 7) is 3.43. The molecule has 0 saturated heterocycles. The topological polar surface area (TPSA) is 112 Å². The van der Waals surface area contributed by atoms with E-state index in [9.17, 15) is 14.4 Å². The van der Waals surface area contributed by atoms with Crippen LogP contribution in [-0.4, -0.2) is 25.0 Å². The lowest BCUT2D eigenvalue weighted by molar-refractivity contribution is -0.129. The highest BCUT2D eigenvalue weighted by Crippen LogP contribution is 2.23. The Hall–Kier alpha value is -2.83. The number of fused-ring (bicyclic) bond motifs is 1. The summed E-state index contributed by atoms with van der Waals surface area (Å²) in [7, 11) is 1.51. The highest BCUT2D eigenvalue weighted by molar-refractivity contribution is 5.88. The number of ether oxygens (including phenoxy) is 1. The van der Waals surface area contributed by atoms with Gasteiger partial charge in [-0.1, -0.05) is 13.8 Å². The first-order valence-corrected chi connectivity index (χ1v) is 7.52. The molecular weight excluding hydrogens is 312 g/mol. The summed E-state index contributed by atoms with van der Waals surface area (Å²) in [5.74, 6) is -0.692. The molecule has 0 aliphatic heterocycles. The second-order valence-corrected chi connectivity index (χ2v) is 5.78. The number of nitrogens with one attached hydrogen (secondary N) is 1. The van der Waals surface area contributed by atoms with Gasteiger partial charge in [-0.25, -0.2) is 4.79 Å². The van der Waals surface area contributed by atoms with E-state index in [-0.39, 0.29) is 18.2 Å². The molecule has 128 valence electrons. The van der Waals surface area contributed by atoms with Gasteiger partial charge in [-0.15, -0.1) is 0 Å². The van der Waals surface area contributed by atoms with Crippen molar-refractivity contribution in [2.45, 2.75) is 26.3 Å². The zero-order valence-corrected chi connectivity index (χ0v) is 13.8. The van der Waals surface area contributed by atoms with Crippen molar-refractivity contribution in [1.82, 2.24) is 5.32 Å². The SMILES string of the molecule is COc1ccc2c(C[C@@H](NC(=O)C(C)C)C(N)=O)cc(=O)oc2c1. The van der Waals surface area contributed by atoms with Crippen LogP contribution in [0.1, 0.15) is 19.4 Å². The monoisotopic (exact) mass is 332 g/mol. The highest BCUT2D eigenvalue weighted by Gasteiger charge is 2.21. The van der Waals surface area contributed by atoms with Crippen LogP contribution < -0.4 is 21.4 Å². The lowest BCUT2D eigenvalue weighted by atomic mass is 10.0. The maximum absolute atomic E-state index is 11.8. The second-order valence-electron chi connectivity index (χ2n) is 5.78. The molecule has 1 atom stereocenters. The van der Waals surface area contributed by atoms with Crippen LogP contribution in [0.5, 0.6) is 5.75 Å². The Balaban J connectivity index is 2.41. The van der Waals surface area contributed by atoms with Gasteiger partial charge in [0.25, 0.3) is 0 Å². The van der Waals surface area contributed by atoms with Gasteiger partial charge in [0.15, 0.2) is 0 Å². The van der Waals surface area contributed by atoms with E-state index in [1.54, 1.807) is 32.0 Å². The van der Waals surface area contributed by atoms with Crippen molar-refractivity contribution in [3.8, 4) is 5.75 Å². The number of hydrogen-bond acceptors (Lipinski definition) is 5. The molecular formula is C17H20N2O5. The minimum atomic E-state index is -0.910. The van der Waals surface area contributed by atoms with Crippen molar-refractivity contribution in [3.63, 3.8) is 0 Å². The standard InChI is InChI=1S/C17H20N2O5/c1-9(2)17(22)19-13(16(18)21)6-10-7-15(20)24-14-8-11(23-3)4-5-12(10)14/h4-5,7-9,13H,6H2,1-3H3,(H2,18,21)(H,19,22)/t13-/m1/s1. The molecule has 0 bridgehead atoms. The Bertz CT molecular complexity index is 825. The Kier molecular flexibility index (Phi) is 5.23. The number of benzene rings is 1. The lowest BCUT2D eigenvalue weighted by Gasteiger charge is -2.17. The van der Waals surface area contributed by atoms with E-state index < -0.39 is 17.6 Å². The molecule has 0 saturated carbocycles. The molecule has 1 heterocycles. The fraction of sp³-hybridized carbons (Fsp3) is 0.353. The molecule has 0 unspecified atom stereocenters. The first-order chi connectivity index (χ1) is 11.3. The molecule has 0 radical (unpaired) electrons. The van der Waals surface area contributed by atoms with Crippen molar-refractivity contribution in [2.75, 3.05) is 7.11 Å². The van der Waals surface area contributed by atoms with E-state index in [1.165, 1.54) is 13.2 Å². The Labute approximate surface area is 138 Å². The van der Waals surface area contributed by atoms with Crippen LogP contribution in [0.15, 0.2) is 33.5 Å². The molecule has 2 rings (SSSR count). The van der Waals surface area contributed by atoms with Gasteiger partial charge in [-0.2, -0.15) is 0 Å². The Morgan fingerprint density at radius 1 is 1.29 bits per heavy atom. The smallest absolute Gasteiger partial charge is 0.336 e. The van der Waals surface area contributed by atoms with Crippen molar-refractivity contribution in [3.05, 3.63) is 40.2 Å². The molecule has 24 heavy (non-hydrogen) atoms. The summed E-state index contributed by atoms with van der Waals surface area (Å²) in [6, 6.07) is 5.43. The average Bonchev–Trinajstić information content (AvgIpc) is 2.52. The third kappa shape index (κ3) is 3.92. The summed E-state index contributed by atoms with van der Waals surface area (Å²) in [5, 5.41) is 3.25. The maximum Gasteiger partial charge on any atom is 0.336 e. The van der Waals surface area contributed by atoms with Gasteiger partial charge in [0.1, 0.15) is 17.4 Å². The minimum absolute atomic E-state index is 0.0994. The number of methoxy groups -OCH3 is 1. The van der Waals surface area contributed by atoms with Crippen LogP contribution in [0.2, 0.25) is 0 Å². The van der Waals surface area contributed by atoms with Crippen LogP contribution in [0.3, 0.4) is 0 Å². The van der Waals surface area contributed by atoms with Crippen LogP contribution in [0.25, 0.3) is 11.0 Å². The molecule has 0 fully saturated rings. The zero-order valence-electron chi connectivity index (χ0n) is 13.8. The van der Waals surface area contributed by atoms with Gasteiger partial charge < -0.3 is 20.2 Å². The van der Waals surface area contributed by atoms with E-state index in [4.69, 9.17) is 14.9 Å². The molecule has 0 aliphatic carbocycles. The van der Waals surface area contributed by atoms with Gasteiger partial charge in [-0.3, -0.25) is 9.59 Å². The van der Waals surface area contributed by atoms with Gasteiger partial charge in [-0.05, 0) is 17.7 Å². The van der Waals surface area contributed by atoms with Crippen LogP contribution in [-0.2, 0) is 16.0 Å². The fourth-order valence-corrected chi connectivity index (χ4v) is 2.29. The summed E-state index contributed by atoms with van der Waals surface area (Å²) in [4.78, 5) is 35.3. The first-order valence-electron chi connectivity index (χ1n) is 7.52. The molecule has 7 heteroatoms. The van der Waals surface area contributed by atoms with Crippen molar-refractivity contribution < 1.29 is 18.7 Å². The Morgan fingerprint density at radius 2 is 2.00 bits per heavy atom. The van der Waals surface area contributed by atoms with Crippen LogP contribution >= 0.6 is 0 Å². The molecule has 1 aromatic carbocycles. The predicted octanol–water partition coefficient (Wildman–Crippen LogP) is 0.970. The predicted molar refractivity (Wildman–Crippen MR) is 88.7 cm³/mol. The number of rotatable bonds is 6. The summed E-state index contributed by atoms with van der Waals surface area (Å²) in [6.07, 6.45) is 0.0994. The van der Waals surface area contributed by atoms with Crippen molar-refractivity contribution in [1.29, 1.82) is 0 Å². The van der Waals surface area contributed by atoms with E-state index in [0.717, 1.165) is 0 Å². The molecule has 2 aromatic rings. The normalized spacial score (nSPS) is 12.2. The van der Waals surface area contributed by atoms with Crippen molar-refractivity contribution in [2.24, 2.45) is 11.7 Å². The van der Waals surface area contributed by atoms with Gasteiger partial charge >= 0.3 is 5.63 Å². The Morgan fingerprint density at radius 3 is 2.58 bits per heavy atom. The van der Waals surface area contributed by atoms with Gasteiger partial charge in [0, 0.05) is 29.9 Å². The summed E-state index contributed by atoms with van der Waals surface area (Å²) >= 11 is 0. The third-order valence-corrected chi connectivity index (χ3v) is 3.65. The molecule has 1 aromatic heterocycles. The van der Waals surface area contributed by atoms with Crippen LogP contribution in [0, 0.1) is 5.92 Å². The number of hydrogen-bond donors (Lipinski definition) is 2. The number of amides is 2. The number of carbonyl (C=O) groups excluding carboxylic acids is 2. The maximum atomic E-state index is 11.8. The summed E-state index contributed by atoms with van der Waals surface area (Å²) in [5.41, 5.74) is 5.74. The van der Waals surface area contributed by atoms with Gasteiger partial charge in [0.2, 0.25) is 11.8 Å². The number of nitrogens with two attached hydrogens (primary N) is 1. The largest absolute Gasteiger partial charge is 0.497 e. The molecule has 0 spiro atoms. The molecule has 3 N–H and O–H groups in total. The molecule has 2 amide bonds. The second kappa shape index (κ2) is 7.16. The number of carbonyl (C=O) groups is 2. The third-order valence-electron chi connectivity index (χ3n) is 3.65. The van der Waals surface area contributed by atoms with E-state index in [2.05, 4.69) is 5.32 Å². The van der Waals surface area contributed by atoms with E-state index in [0.29, 0.717) is 22.3 Å². The summed E-state index contributed by atoms with van der Waals surface area (Å²) < 4.78 is 10.3. The lowest BCUT2D eigenvalue weighted by Crippen LogP contribution is -2.47. The minimum Gasteiger partial charge on any atom is -0.497 e. The highest BCUT2D eigenvalue weighted by atomic mass is 16.5. The van der Waals surface area contributed by atoms with Crippen molar-refractivity contribution >= 4 is 22.8 Å². The average molecular weight is 332 g/mol. The molecule has 0 aliphatic rings. The van der Waals surface area contributed by atoms with Crippen LogP contribution in [0.4, 0.5) is 0 Å². The van der Waals surface area contributed by atoms with E-state index in [1.807, 2.05) is 0 Å². The quantitative estimate of drug-likeness (QED) is 0.766. The van der Waals surface area contributed by atoms with E-state index >= 15 is 0 Å². The zero-order chi connectivity index (χ0) is 17.9.